The first-order valence-electron chi connectivity index (χ1n) is 9.44. The maximum atomic E-state index is 10.8. The Morgan fingerprint density at radius 2 is 2.08 bits per heavy atom. The van der Waals surface area contributed by atoms with Gasteiger partial charge in [-0.2, -0.15) is 0 Å². The van der Waals surface area contributed by atoms with Crippen LogP contribution < -0.4 is 0 Å². The van der Waals surface area contributed by atoms with Crippen LogP contribution in [0.25, 0.3) is 11.4 Å². The molecule has 0 bridgehead atoms. The van der Waals surface area contributed by atoms with Crippen molar-refractivity contribution in [3.8, 4) is 11.4 Å². The van der Waals surface area contributed by atoms with E-state index in [9.17, 15) is 5.11 Å². The Morgan fingerprint density at radius 3 is 2.85 bits per heavy atom. The minimum absolute atomic E-state index is 0.355. The molecule has 0 amide bonds. The summed E-state index contributed by atoms with van der Waals surface area (Å²) < 4.78 is 7.36. The highest BCUT2D eigenvalue weighted by atomic mass is 16.5. The van der Waals surface area contributed by atoms with Crippen molar-refractivity contribution < 1.29 is 9.84 Å². The molecule has 2 aromatic rings. The smallest absolute Gasteiger partial charge is 0.107 e. The zero-order chi connectivity index (χ0) is 18.0. The topological polar surface area (TPSA) is 76.3 Å². The summed E-state index contributed by atoms with van der Waals surface area (Å²) in [5.41, 5.74) is 2.26. The van der Waals surface area contributed by atoms with Gasteiger partial charge in [0.05, 0.1) is 35.7 Å². The zero-order valence-electron chi connectivity index (χ0n) is 15.3. The van der Waals surface area contributed by atoms with Gasteiger partial charge < -0.3 is 14.4 Å². The van der Waals surface area contributed by atoms with Crippen molar-refractivity contribution in [2.45, 2.75) is 37.2 Å². The van der Waals surface area contributed by atoms with Crippen molar-refractivity contribution >= 4 is 0 Å². The number of nitrogens with zero attached hydrogens (tertiary/aromatic N) is 5. The lowest BCUT2D eigenvalue weighted by molar-refractivity contribution is -0.0824. The van der Waals surface area contributed by atoms with Crippen LogP contribution in [-0.4, -0.2) is 68.0 Å². The lowest BCUT2D eigenvalue weighted by atomic mass is 9.90. The molecule has 0 aromatic carbocycles. The number of hydrogen-bond donors (Lipinski definition) is 1. The van der Waals surface area contributed by atoms with Gasteiger partial charge in [0.15, 0.2) is 0 Å². The van der Waals surface area contributed by atoms with Crippen LogP contribution in [0.15, 0.2) is 24.9 Å². The number of piperidine rings is 1. The van der Waals surface area contributed by atoms with E-state index >= 15 is 0 Å². The van der Waals surface area contributed by atoms with Crippen molar-refractivity contribution in [1.29, 1.82) is 0 Å². The third kappa shape index (κ3) is 3.79. The molecule has 26 heavy (non-hydrogen) atoms. The van der Waals surface area contributed by atoms with Gasteiger partial charge in [0, 0.05) is 58.3 Å². The number of aromatic nitrogens is 4. The van der Waals surface area contributed by atoms with E-state index in [4.69, 9.17) is 9.72 Å². The fraction of sp³-hybridized carbons (Fsp3) is 0.632. The van der Waals surface area contributed by atoms with E-state index in [1.807, 2.05) is 24.0 Å². The van der Waals surface area contributed by atoms with E-state index < -0.39 is 5.60 Å². The third-order valence-electron chi connectivity index (χ3n) is 5.60. The van der Waals surface area contributed by atoms with Crippen LogP contribution in [0.2, 0.25) is 0 Å². The first-order valence-corrected chi connectivity index (χ1v) is 9.44. The highest BCUT2D eigenvalue weighted by Crippen LogP contribution is 2.29. The van der Waals surface area contributed by atoms with Crippen molar-refractivity contribution in [3.05, 3.63) is 30.6 Å². The van der Waals surface area contributed by atoms with Gasteiger partial charge in [0.25, 0.3) is 0 Å². The van der Waals surface area contributed by atoms with Crippen LogP contribution >= 0.6 is 0 Å². The number of rotatable bonds is 4. The number of β-amino-alcohol motifs (C(OH)–C–C–N with tert-alkyl or cyclic N) is 1. The van der Waals surface area contributed by atoms with Gasteiger partial charge in [-0.25, -0.2) is 9.97 Å². The second kappa shape index (κ2) is 7.42. The van der Waals surface area contributed by atoms with Crippen molar-refractivity contribution in [1.82, 2.24) is 24.4 Å². The summed E-state index contributed by atoms with van der Waals surface area (Å²) in [7, 11) is 1.97. The molecular weight excluding hydrogens is 330 g/mol. The third-order valence-corrected chi connectivity index (χ3v) is 5.60. The number of hydrogen-bond acceptors (Lipinski definition) is 6. The molecule has 2 saturated heterocycles. The molecule has 1 atom stereocenters. The Labute approximate surface area is 154 Å². The summed E-state index contributed by atoms with van der Waals surface area (Å²) >= 11 is 0. The molecule has 0 saturated carbocycles. The largest absolute Gasteiger partial charge is 0.388 e. The molecule has 140 valence electrons. The Kier molecular flexibility index (Phi) is 5.02. The number of aliphatic hydroxyl groups is 1. The maximum absolute atomic E-state index is 10.8. The summed E-state index contributed by atoms with van der Waals surface area (Å²) in [6.45, 7) is 4.00. The standard InChI is InChI=1S/C19H27N5O2/c1-23-14-21-11-18(23)17-10-20-9-16(22-17)15-3-2-6-24(12-15)13-19(25)4-7-26-8-5-19/h9-11,14-15,25H,2-8,12-13H2,1H3/t15-/m1/s1. The molecule has 0 unspecified atom stereocenters. The first kappa shape index (κ1) is 17.6. The van der Waals surface area contributed by atoms with Crippen molar-refractivity contribution in [2.24, 2.45) is 7.05 Å². The van der Waals surface area contributed by atoms with Crippen LogP contribution in [0.3, 0.4) is 0 Å². The average molecular weight is 357 g/mol. The van der Waals surface area contributed by atoms with Gasteiger partial charge in [0.1, 0.15) is 5.69 Å². The summed E-state index contributed by atoms with van der Waals surface area (Å²) in [6, 6.07) is 0. The van der Waals surface area contributed by atoms with Crippen molar-refractivity contribution in [3.63, 3.8) is 0 Å². The molecule has 2 aromatic heterocycles. The van der Waals surface area contributed by atoms with Gasteiger partial charge in [-0.1, -0.05) is 0 Å². The van der Waals surface area contributed by atoms with Crippen LogP contribution in [0.5, 0.6) is 0 Å². The zero-order valence-corrected chi connectivity index (χ0v) is 15.3. The Morgan fingerprint density at radius 1 is 1.23 bits per heavy atom. The molecule has 2 aliphatic heterocycles. The summed E-state index contributed by atoms with van der Waals surface area (Å²) in [5.74, 6) is 0.355. The second-order valence-corrected chi connectivity index (χ2v) is 7.63. The Bertz CT molecular complexity index is 741. The molecule has 0 spiro atoms. The van der Waals surface area contributed by atoms with E-state index in [1.54, 1.807) is 12.5 Å². The van der Waals surface area contributed by atoms with Gasteiger partial charge in [0.2, 0.25) is 0 Å². The van der Waals surface area contributed by atoms with E-state index in [0.29, 0.717) is 19.1 Å². The van der Waals surface area contributed by atoms with E-state index in [0.717, 1.165) is 62.4 Å². The van der Waals surface area contributed by atoms with Gasteiger partial charge >= 0.3 is 0 Å². The molecule has 7 nitrogen and oxygen atoms in total. The lowest BCUT2D eigenvalue weighted by Crippen LogP contribution is -2.49. The number of imidazole rings is 1. The highest BCUT2D eigenvalue weighted by Gasteiger charge is 2.34. The molecule has 2 fully saturated rings. The van der Waals surface area contributed by atoms with Gasteiger partial charge in [-0.15, -0.1) is 0 Å². The van der Waals surface area contributed by atoms with Crippen LogP contribution in [-0.2, 0) is 11.8 Å². The quantitative estimate of drug-likeness (QED) is 0.896. The fourth-order valence-electron chi connectivity index (χ4n) is 4.07. The van der Waals surface area contributed by atoms with Crippen LogP contribution in [0.1, 0.15) is 37.3 Å². The predicted octanol–water partition coefficient (Wildman–Crippen LogP) is 1.60. The molecule has 1 N–H and O–H groups in total. The number of likely N-dealkylation sites (tertiary alicyclic amines) is 1. The fourth-order valence-corrected chi connectivity index (χ4v) is 4.07. The molecular formula is C19H27N5O2. The van der Waals surface area contributed by atoms with E-state index in [-0.39, 0.29) is 0 Å². The monoisotopic (exact) mass is 357 g/mol. The normalized spacial score (nSPS) is 23.8. The minimum Gasteiger partial charge on any atom is -0.388 e. The summed E-state index contributed by atoms with van der Waals surface area (Å²) in [6.07, 6.45) is 11.0. The van der Waals surface area contributed by atoms with Crippen molar-refractivity contribution in [2.75, 3.05) is 32.8 Å². The molecule has 0 aliphatic carbocycles. The first-order chi connectivity index (χ1) is 12.6. The molecule has 4 heterocycles. The lowest BCUT2D eigenvalue weighted by Gasteiger charge is -2.40. The molecule has 2 aliphatic rings. The summed E-state index contributed by atoms with van der Waals surface area (Å²) in [5, 5.41) is 10.8. The van der Waals surface area contributed by atoms with Crippen LogP contribution in [0, 0.1) is 0 Å². The van der Waals surface area contributed by atoms with Crippen LogP contribution in [0.4, 0.5) is 0 Å². The predicted molar refractivity (Wildman–Crippen MR) is 97.7 cm³/mol. The number of aryl methyl sites for hydroxylation is 1. The Hall–Kier alpha value is -1.83. The van der Waals surface area contributed by atoms with Gasteiger partial charge in [-0.3, -0.25) is 9.88 Å². The molecule has 0 radical (unpaired) electrons. The minimum atomic E-state index is -0.609. The Balaban J connectivity index is 1.47. The maximum Gasteiger partial charge on any atom is 0.107 e. The average Bonchev–Trinajstić information content (AvgIpc) is 3.08. The number of ether oxygens (including phenoxy) is 1. The van der Waals surface area contributed by atoms with Gasteiger partial charge in [-0.05, 0) is 19.4 Å². The summed E-state index contributed by atoms with van der Waals surface area (Å²) in [4.78, 5) is 15.8. The highest BCUT2D eigenvalue weighted by molar-refractivity contribution is 5.52. The van der Waals surface area contributed by atoms with E-state index in [2.05, 4.69) is 14.9 Å². The molecule has 4 rings (SSSR count). The second-order valence-electron chi connectivity index (χ2n) is 7.63. The van der Waals surface area contributed by atoms with E-state index in [1.165, 1.54) is 0 Å². The molecule has 7 heteroatoms. The SMILES string of the molecule is Cn1cncc1-c1cncc([C@@H]2CCCN(CC3(O)CCOCC3)C2)n1.